The van der Waals surface area contributed by atoms with E-state index in [9.17, 15) is 4.79 Å². The zero-order chi connectivity index (χ0) is 22.1. The molecule has 156 valence electrons. The summed E-state index contributed by atoms with van der Waals surface area (Å²) in [5.41, 5.74) is 8.77. The molecule has 0 aliphatic heterocycles. The molecule has 0 bridgehead atoms. The van der Waals surface area contributed by atoms with Crippen LogP contribution < -0.4 is 0 Å². The summed E-state index contributed by atoms with van der Waals surface area (Å²) in [6, 6.07) is 23.3. The zero-order valence-electron chi connectivity index (χ0n) is 17.5. The monoisotopic (exact) mass is 419 g/mol. The molecule has 5 rings (SSSR count). The lowest BCUT2D eigenvalue weighted by molar-refractivity contribution is 0.0697. The van der Waals surface area contributed by atoms with Crippen LogP contribution in [-0.4, -0.2) is 26.0 Å². The number of carboxylic acids is 1. The van der Waals surface area contributed by atoms with Gasteiger partial charge in [0.25, 0.3) is 0 Å². The van der Waals surface area contributed by atoms with Crippen molar-refractivity contribution in [3.63, 3.8) is 0 Å². The highest BCUT2D eigenvalue weighted by atomic mass is 16.4. The van der Waals surface area contributed by atoms with E-state index in [-0.39, 0.29) is 5.56 Å². The van der Waals surface area contributed by atoms with Gasteiger partial charge in [-0.25, -0.2) is 9.78 Å². The van der Waals surface area contributed by atoms with Gasteiger partial charge in [-0.15, -0.1) is 0 Å². The molecular weight excluding hydrogens is 398 g/mol. The number of aromatic nitrogens is 3. The number of pyridine rings is 1. The minimum atomic E-state index is -0.940. The molecule has 0 saturated heterocycles. The maximum Gasteiger partial charge on any atom is 0.335 e. The standard InChI is InChI=1S/C27H21N3O2/c1-17-22(14-18-6-5-13-28-16-18)23(19-7-3-2-4-8-19)15-24-25(17)30-26(29-24)20-9-11-21(12-10-20)27(31)32/h2-13,15-16H,14H2,1H3,(H,29,30)(H,31,32). The van der Waals surface area contributed by atoms with E-state index >= 15 is 0 Å². The third-order valence-electron chi connectivity index (χ3n) is 5.75. The fraction of sp³-hybridized carbons (Fsp3) is 0.0741. The Kier molecular flexibility index (Phi) is 5.00. The SMILES string of the molecule is Cc1c(Cc2cccnc2)c(-c2ccccc2)cc2[nH]c(-c3ccc(C(=O)O)cc3)nc12. The Hall–Kier alpha value is -4.25. The maximum atomic E-state index is 11.2. The molecule has 0 fully saturated rings. The smallest absolute Gasteiger partial charge is 0.335 e. The number of H-pyrrole nitrogens is 1. The van der Waals surface area contributed by atoms with Gasteiger partial charge in [-0.2, -0.15) is 0 Å². The van der Waals surface area contributed by atoms with Crippen molar-refractivity contribution in [1.82, 2.24) is 15.0 Å². The number of aryl methyl sites for hydroxylation is 1. The van der Waals surface area contributed by atoms with E-state index in [4.69, 9.17) is 10.1 Å². The summed E-state index contributed by atoms with van der Waals surface area (Å²) in [7, 11) is 0. The minimum Gasteiger partial charge on any atom is -0.478 e. The van der Waals surface area contributed by atoms with Crippen LogP contribution in [0.3, 0.4) is 0 Å². The number of carbonyl (C=O) groups is 1. The minimum absolute atomic E-state index is 0.256. The average Bonchev–Trinajstić information content (AvgIpc) is 3.27. The number of nitrogens with zero attached hydrogens (tertiary/aromatic N) is 2. The Morgan fingerprint density at radius 2 is 1.75 bits per heavy atom. The largest absolute Gasteiger partial charge is 0.478 e. The Morgan fingerprint density at radius 3 is 2.44 bits per heavy atom. The second kappa shape index (κ2) is 8.12. The van der Waals surface area contributed by atoms with Crippen LogP contribution in [0.1, 0.15) is 27.0 Å². The zero-order valence-corrected chi connectivity index (χ0v) is 17.5. The van der Waals surface area contributed by atoms with E-state index in [1.54, 1.807) is 30.5 Å². The Bertz CT molecular complexity index is 1410. The van der Waals surface area contributed by atoms with E-state index < -0.39 is 5.97 Å². The summed E-state index contributed by atoms with van der Waals surface area (Å²) < 4.78 is 0. The third-order valence-corrected chi connectivity index (χ3v) is 5.75. The quantitative estimate of drug-likeness (QED) is 0.372. The van der Waals surface area contributed by atoms with E-state index in [0.717, 1.165) is 51.1 Å². The van der Waals surface area contributed by atoms with Crippen molar-refractivity contribution in [3.05, 3.63) is 107 Å². The molecule has 5 nitrogen and oxygen atoms in total. The molecule has 32 heavy (non-hydrogen) atoms. The first-order valence-electron chi connectivity index (χ1n) is 10.4. The van der Waals surface area contributed by atoms with Crippen LogP contribution in [0.2, 0.25) is 0 Å². The maximum absolute atomic E-state index is 11.2. The van der Waals surface area contributed by atoms with E-state index in [0.29, 0.717) is 0 Å². The van der Waals surface area contributed by atoms with Crippen LogP contribution in [0.5, 0.6) is 0 Å². The van der Waals surface area contributed by atoms with Crippen LogP contribution in [0, 0.1) is 6.92 Å². The lowest BCUT2D eigenvalue weighted by atomic mass is 9.91. The summed E-state index contributed by atoms with van der Waals surface area (Å²) in [5, 5.41) is 9.16. The molecule has 5 aromatic rings. The van der Waals surface area contributed by atoms with Crippen LogP contribution in [-0.2, 0) is 6.42 Å². The number of hydrogen-bond acceptors (Lipinski definition) is 3. The normalized spacial score (nSPS) is 11.0. The van der Waals surface area contributed by atoms with Crippen molar-refractivity contribution in [2.75, 3.05) is 0 Å². The number of carboxylic acid groups (broad SMARTS) is 1. The second-order valence-corrected chi connectivity index (χ2v) is 7.80. The van der Waals surface area contributed by atoms with Crippen LogP contribution in [0.4, 0.5) is 0 Å². The fourth-order valence-corrected chi connectivity index (χ4v) is 4.07. The van der Waals surface area contributed by atoms with Crippen molar-refractivity contribution in [1.29, 1.82) is 0 Å². The molecule has 2 N–H and O–H groups in total. The highest BCUT2D eigenvalue weighted by molar-refractivity contribution is 5.91. The number of aromatic amines is 1. The fourth-order valence-electron chi connectivity index (χ4n) is 4.07. The van der Waals surface area contributed by atoms with Gasteiger partial charge in [0.15, 0.2) is 0 Å². The molecule has 0 amide bonds. The summed E-state index contributed by atoms with van der Waals surface area (Å²) >= 11 is 0. The molecule has 0 atom stereocenters. The number of nitrogens with one attached hydrogen (secondary N) is 1. The topological polar surface area (TPSA) is 78.9 Å². The molecule has 0 aliphatic rings. The second-order valence-electron chi connectivity index (χ2n) is 7.80. The number of hydrogen-bond donors (Lipinski definition) is 2. The molecule has 0 aliphatic carbocycles. The van der Waals surface area contributed by atoms with Crippen molar-refractivity contribution in [2.24, 2.45) is 0 Å². The van der Waals surface area contributed by atoms with Gasteiger partial charge >= 0.3 is 5.97 Å². The van der Waals surface area contributed by atoms with Gasteiger partial charge < -0.3 is 10.1 Å². The number of rotatable bonds is 5. The van der Waals surface area contributed by atoms with Crippen LogP contribution >= 0.6 is 0 Å². The summed E-state index contributed by atoms with van der Waals surface area (Å²) in [6.45, 7) is 2.11. The number of imidazole rings is 1. The average molecular weight is 419 g/mol. The first-order chi connectivity index (χ1) is 15.6. The summed E-state index contributed by atoms with van der Waals surface area (Å²) in [5.74, 6) is -0.220. The third kappa shape index (κ3) is 3.65. The molecule has 2 heterocycles. The molecule has 0 radical (unpaired) electrons. The van der Waals surface area contributed by atoms with Crippen molar-refractivity contribution < 1.29 is 9.90 Å². The number of fused-ring (bicyclic) bond motifs is 1. The number of benzene rings is 3. The summed E-state index contributed by atoms with van der Waals surface area (Å²) in [4.78, 5) is 23.7. The highest BCUT2D eigenvalue weighted by Gasteiger charge is 2.17. The number of aromatic carboxylic acids is 1. The van der Waals surface area contributed by atoms with Gasteiger partial charge in [0.2, 0.25) is 0 Å². The summed E-state index contributed by atoms with van der Waals surface area (Å²) in [6.07, 6.45) is 4.45. The molecule has 0 saturated carbocycles. The van der Waals surface area contributed by atoms with Gasteiger partial charge in [-0.1, -0.05) is 48.5 Å². The van der Waals surface area contributed by atoms with Gasteiger partial charge in [-0.05, 0) is 65.4 Å². The van der Waals surface area contributed by atoms with Crippen LogP contribution in [0.15, 0.2) is 85.2 Å². The predicted molar refractivity (Wildman–Crippen MR) is 126 cm³/mol. The lowest BCUT2D eigenvalue weighted by Gasteiger charge is -2.14. The first-order valence-corrected chi connectivity index (χ1v) is 10.4. The Morgan fingerprint density at radius 1 is 0.969 bits per heavy atom. The molecule has 0 spiro atoms. The molecule has 3 aromatic carbocycles. The molecule has 5 heteroatoms. The highest BCUT2D eigenvalue weighted by Crippen LogP contribution is 2.34. The van der Waals surface area contributed by atoms with Crippen molar-refractivity contribution >= 4 is 17.0 Å². The van der Waals surface area contributed by atoms with Crippen molar-refractivity contribution in [3.8, 4) is 22.5 Å². The van der Waals surface area contributed by atoms with Crippen LogP contribution in [0.25, 0.3) is 33.5 Å². The Balaban J connectivity index is 1.67. The van der Waals surface area contributed by atoms with E-state index in [2.05, 4.69) is 41.2 Å². The first kappa shape index (κ1) is 19.7. The van der Waals surface area contributed by atoms with Crippen molar-refractivity contribution in [2.45, 2.75) is 13.3 Å². The molecule has 2 aromatic heterocycles. The van der Waals surface area contributed by atoms with Gasteiger partial charge in [0, 0.05) is 18.0 Å². The predicted octanol–water partition coefficient (Wildman–Crippen LogP) is 5.89. The van der Waals surface area contributed by atoms with Gasteiger partial charge in [-0.3, -0.25) is 4.98 Å². The Labute approximate surface area is 185 Å². The van der Waals surface area contributed by atoms with E-state index in [1.165, 1.54) is 5.56 Å². The molecule has 0 unspecified atom stereocenters. The lowest BCUT2D eigenvalue weighted by Crippen LogP contribution is -1.98. The van der Waals surface area contributed by atoms with Gasteiger partial charge in [0.05, 0.1) is 16.6 Å². The van der Waals surface area contributed by atoms with E-state index in [1.807, 2.05) is 30.5 Å². The molecular formula is C27H21N3O2. The van der Waals surface area contributed by atoms with Gasteiger partial charge in [0.1, 0.15) is 5.82 Å².